The van der Waals surface area contributed by atoms with E-state index in [4.69, 9.17) is 14.5 Å². The van der Waals surface area contributed by atoms with Gasteiger partial charge >= 0.3 is 6.09 Å². The minimum atomic E-state index is -0.536. The molecule has 3 aromatic heterocycles. The molecule has 0 aliphatic carbocycles. The molecule has 46 heavy (non-hydrogen) atoms. The van der Waals surface area contributed by atoms with Crippen LogP contribution in [0, 0.1) is 6.92 Å². The molecular weight excluding hydrogens is 597 g/mol. The summed E-state index contributed by atoms with van der Waals surface area (Å²) in [5.74, 6) is 2.04. The van der Waals surface area contributed by atoms with E-state index in [1.54, 1.807) is 28.6 Å². The van der Waals surface area contributed by atoms with Gasteiger partial charge in [-0.1, -0.05) is 37.3 Å². The highest BCUT2D eigenvalue weighted by molar-refractivity contribution is 7.07. The lowest BCUT2D eigenvalue weighted by atomic mass is 9.93. The normalized spacial score (nSPS) is 15.8. The van der Waals surface area contributed by atoms with Crippen molar-refractivity contribution in [1.29, 1.82) is 0 Å². The van der Waals surface area contributed by atoms with Crippen LogP contribution >= 0.6 is 11.3 Å². The molecule has 2 atom stereocenters. The third-order valence-electron chi connectivity index (χ3n) is 8.09. The summed E-state index contributed by atoms with van der Waals surface area (Å²) in [6.45, 7) is 11.1. The first kappa shape index (κ1) is 31.4. The standard InChI is InChI=1S/C36H40N6O3S/c1-23-13-14-27-25(19-24(2)31-21-46-22-39-31)9-6-11-28(27)32(23)44-33-29(12-7-16-37-33)30-15-17-38-34(41-30)40-26-10-8-18-42(20-26)35(43)45-36(3,4)5/h6-7,9,11-17,21-22,24,26H,8,10,18-20H2,1-5H3,(H,38,40,41)/t24?,26-/m0/s1. The van der Waals surface area contributed by atoms with Gasteiger partial charge in [-0.15, -0.1) is 11.3 Å². The molecule has 2 aromatic carbocycles. The molecular formula is C36H40N6O3S. The zero-order valence-corrected chi connectivity index (χ0v) is 27.8. The number of benzene rings is 2. The number of fused-ring (bicyclic) bond motifs is 1. The van der Waals surface area contributed by atoms with E-state index < -0.39 is 5.60 Å². The summed E-state index contributed by atoms with van der Waals surface area (Å²) in [7, 11) is 0. The fraction of sp³-hybridized carbons (Fsp3) is 0.361. The third kappa shape index (κ3) is 7.28. The van der Waals surface area contributed by atoms with Crippen molar-refractivity contribution >= 4 is 34.2 Å². The van der Waals surface area contributed by atoms with Crippen molar-refractivity contribution in [2.75, 3.05) is 18.4 Å². The summed E-state index contributed by atoms with van der Waals surface area (Å²) < 4.78 is 12.2. The Balaban J connectivity index is 1.23. The Morgan fingerprint density at radius 3 is 2.74 bits per heavy atom. The smallest absolute Gasteiger partial charge is 0.410 e. The van der Waals surface area contributed by atoms with Gasteiger partial charge in [-0.2, -0.15) is 0 Å². The van der Waals surface area contributed by atoms with Gasteiger partial charge in [0.15, 0.2) is 0 Å². The van der Waals surface area contributed by atoms with Gasteiger partial charge in [-0.25, -0.2) is 24.7 Å². The number of hydrogen-bond acceptors (Lipinski definition) is 9. The minimum Gasteiger partial charge on any atom is -0.444 e. The molecule has 1 saturated heterocycles. The quantitative estimate of drug-likeness (QED) is 0.181. The number of rotatable bonds is 8. The predicted octanol–water partition coefficient (Wildman–Crippen LogP) is 8.41. The Kier molecular flexibility index (Phi) is 9.17. The van der Waals surface area contributed by atoms with Crippen molar-refractivity contribution in [1.82, 2.24) is 24.8 Å². The molecule has 4 heterocycles. The molecule has 238 valence electrons. The highest BCUT2D eigenvalue weighted by Gasteiger charge is 2.28. The predicted molar refractivity (Wildman–Crippen MR) is 183 cm³/mol. The Morgan fingerprint density at radius 2 is 1.93 bits per heavy atom. The van der Waals surface area contributed by atoms with Gasteiger partial charge in [-0.05, 0) is 81.7 Å². The second-order valence-electron chi connectivity index (χ2n) is 12.9. The summed E-state index contributed by atoms with van der Waals surface area (Å²) >= 11 is 1.63. The summed E-state index contributed by atoms with van der Waals surface area (Å²) in [5.41, 5.74) is 6.20. The molecule has 0 radical (unpaired) electrons. The molecule has 0 saturated carbocycles. The van der Waals surface area contributed by atoms with Gasteiger partial charge in [0.25, 0.3) is 0 Å². The van der Waals surface area contributed by atoms with Crippen molar-refractivity contribution in [3.05, 3.63) is 88.6 Å². The molecule has 0 bridgehead atoms. The number of carbonyl (C=O) groups excluding carboxylic acids is 1. The topological polar surface area (TPSA) is 102 Å². The van der Waals surface area contributed by atoms with Crippen LogP contribution in [0.2, 0.25) is 0 Å². The number of thiazole rings is 1. The SMILES string of the molecule is Cc1ccc2c(CC(C)c3cscn3)cccc2c1Oc1ncccc1-c1ccnc(N[C@H]2CCCN(C(=O)OC(C)(C)C)C2)n1. The van der Waals surface area contributed by atoms with E-state index in [-0.39, 0.29) is 12.1 Å². The monoisotopic (exact) mass is 636 g/mol. The zero-order valence-electron chi connectivity index (χ0n) is 27.0. The molecule has 0 spiro atoms. The first-order chi connectivity index (χ1) is 22.1. The number of likely N-dealkylation sites (tertiary alicyclic amines) is 1. The lowest BCUT2D eigenvalue weighted by molar-refractivity contribution is 0.0206. The second-order valence-corrected chi connectivity index (χ2v) is 13.6. The lowest BCUT2D eigenvalue weighted by Crippen LogP contribution is -2.47. The maximum Gasteiger partial charge on any atom is 0.410 e. The number of nitrogens with one attached hydrogen (secondary N) is 1. The molecule has 9 nitrogen and oxygen atoms in total. The van der Waals surface area contributed by atoms with Crippen LogP contribution in [0.1, 0.15) is 63.3 Å². The average molecular weight is 637 g/mol. The number of piperidine rings is 1. The van der Waals surface area contributed by atoms with E-state index in [0.717, 1.165) is 52.6 Å². The van der Waals surface area contributed by atoms with E-state index in [1.165, 1.54) is 5.56 Å². The number of hydrogen-bond donors (Lipinski definition) is 1. The lowest BCUT2D eigenvalue weighted by Gasteiger charge is -2.34. The Hall–Kier alpha value is -4.57. The van der Waals surface area contributed by atoms with E-state index in [2.05, 4.69) is 69.8 Å². The van der Waals surface area contributed by atoms with E-state index in [9.17, 15) is 4.79 Å². The van der Waals surface area contributed by atoms with Crippen LogP contribution in [-0.2, 0) is 11.2 Å². The van der Waals surface area contributed by atoms with Gasteiger partial charge in [0.05, 0.1) is 22.5 Å². The number of nitrogens with zero attached hydrogens (tertiary/aromatic N) is 5. The number of amides is 1. The highest BCUT2D eigenvalue weighted by Crippen LogP contribution is 2.38. The number of pyridine rings is 1. The van der Waals surface area contributed by atoms with Crippen molar-refractivity contribution in [2.24, 2.45) is 0 Å². The first-order valence-electron chi connectivity index (χ1n) is 15.7. The molecule has 1 amide bonds. The van der Waals surface area contributed by atoms with Gasteiger partial charge in [0, 0.05) is 48.2 Å². The van der Waals surface area contributed by atoms with Crippen molar-refractivity contribution in [3.63, 3.8) is 0 Å². The van der Waals surface area contributed by atoms with Gasteiger partial charge < -0.3 is 19.7 Å². The average Bonchev–Trinajstić information content (AvgIpc) is 3.58. The molecule has 1 aliphatic rings. The summed E-state index contributed by atoms with van der Waals surface area (Å²) in [6.07, 6.45) is 5.82. The zero-order chi connectivity index (χ0) is 32.3. The number of ether oxygens (including phenoxy) is 2. The largest absolute Gasteiger partial charge is 0.444 e. The molecule has 1 N–H and O–H groups in total. The van der Waals surface area contributed by atoms with Gasteiger partial charge in [0.2, 0.25) is 11.8 Å². The molecule has 1 unspecified atom stereocenters. The van der Waals surface area contributed by atoms with Crippen molar-refractivity contribution in [3.8, 4) is 22.9 Å². The fourth-order valence-corrected chi connectivity index (χ4v) is 6.51. The van der Waals surface area contributed by atoms with Crippen LogP contribution < -0.4 is 10.1 Å². The van der Waals surface area contributed by atoms with Gasteiger partial charge in [0.1, 0.15) is 11.4 Å². The number of aromatic nitrogens is 4. The summed E-state index contributed by atoms with van der Waals surface area (Å²) in [4.78, 5) is 32.9. The second kappa shape index (κ2) is 13.4. The first-order valence-corrected chi connectivity index (χ1v) is 16.7. The van der Waals surface area contributed by atoms with E-state index >= 15 is 0 Å². The van der Waals surface area contributed by atoms with Crippen LogP contribution in [0.4, 0.5) is 10.7 Å². The van der Waals surface area contributed by atoms with Gasteiger partial charge in [-0.3, -0.25) is 0 Å². The fourth-order valence-electron chi connectivity index (χ4n) is 5.83. The number of carbonyl (C=O) groups is 1. The Labute approximate surface area is 274 Å². The summed E-state index contributed by atoms with van der Waals surface area (Å²) in [6, 6.07) is 16.4. The minimum absolute atomic E-state index is 0.00639. The maximum absolute atomic E-state index is 12.7. The van der Waals surface area contributed by atoms with Crippen LogP contribution in [-0.4, -0.2) is 55.7 Å². The molecule has 1 aliphatic heterocycles. The number of aryl methyl sites for hydroxylation is 1. The van der Waals surface area contributed by atoms with Crippen LogP contribution in [0.25, 0.3) is 22.0 Å². The molecule has 1 fully saturated rings. The van der Waals surface area contributed by atoms with E-state index in [1.807, 2.05) is 44.5 Å². The summed E-state index contributed by atoms with van der Waals surface area (Å²) in [5, 5.41) is 7.76. The van der Waals surface area contributed by atoms with Crippen LogP contribution in [0.3, 0.4) is 0 Å². The highest BCUT2D eigenvalue weighted by atomic mass is 32.1. The third-order valence-corrected chi connectivity index (χ3v) is 8.69. The van der Waals surface area contributed by atoms with Crippen molar-refractivity contribution < 1.29 is 14.3 Å². The van der Waals surface area contributed by atoms with Crippen molar-refractivity contribution in [2.45, 2.75) is 71.4 Å². The Bertz CT molecular complexity index is 1820. The van der Waals surface area contributed by atoms with Crippen LogP contribution in [0.5, 0.6) is 11.6 Å². The van der Waals surface area contributed by atoms with Crippen LogP contribution in [0.15, 0.2) is 71.8 Å². The molecule has 10 heteroatoms. The Morgan fingerprint density at radius 1 is 1.07 bits per heavy atom. The molecule has 6 rings (SSSR count). The molecule has 5 aromatic rings. The maximum atomic E-state index is 12.7. The van der Waals surface area contributed by atoms with E-state index in [0.29, 0.717) is 36.5 Å². The number of anilines is 1.